The van der Waals surface area contributed by atoms with Gasteiger partial charge in [0.15, 0.2) is 0 Å². The lowest BCUT2D eigenvalue weighted by Gasteiger charge is -2.18. The molecule has 1 heterocycles. The van der Waals surface area contributed by atoms with Gasteiger partial charge >= 0.3 is 0 Å². The number of amides is 1. The summed E-state index contributed by atoms with van der Waals surface area (Å²) in [4.78, 5) is 16.3. The van der Waals surface area contributed by atoms with Gasteiger partial charge in [-0.05, 0) is 6.07 Å². The summed E-state index contributed by atoms with van der Waals surface area (Å²) in [5, 5.41) is 0.524. The van der Waals surface area contributed by atoms with Gasteiger partial charge in [-0.15, -0.1) is 13.2 Å². The molecular formula is C11H13ClN2O. The second kappa shape index (κ2) is 5.41. The first-order chi connectivity index (χ1) is 7.19. The van der Waals surface area contributed by atoms with Gasteiger partial charge in [0, 0.05) is 19.3 Å². The van der Waals surface area contributed by atoms with Crippen LogP contribution in [0, 0.1) is 0 Å². The molecule has 0 unspecified atom stereocenters. The van der Waals surface area contributed by atoms with E-state index in [4.69, 9.17) is 11.6 Å². The van der Waals surface area contributed by atoms with Crippen molar-refractivity contribution in [3.8, 4) is 0 Å². The van der Waals surface area contributed by atoms with Crippen LogP contribution in [0.5, 0.6) is 0 Å². The van der Waals surface area contributed by atoms with Gasteiger partial charge in [0.1, 0.15) is 5.69 Å². The number of rotatable bonds is 5. The van der Waals surface area contributed by atoms with Gasteiger partial charge in [0.25, 0.3) is 5.91 Å². The van der Waals surface area contributed by atoms with Crippen molar-refractivity contribution < 1.29 is 4.79 Å². The number of hydrogen-bond donors (Lipinski definition) is 1. The largest absolute Gasteiger partial charge is 0.356 e. The SMILES string of the molecule is C=CCN(CC=C)C(=O)c1cc(Cl)c[nH]1. The Morgan fingerprint density at radius 1 is 1.47 bits per heavy atom. The molecule has 3 nitrogen and oxygen atoms in total. The molecule has 1 aromatic rings. The third-order valence-electron chi connectivity index (χ3n) is 1.86. The van der Waals surface area contributed by atoms with E-state index in [0.29, 0.717) is 23.8 Å². The summed E-state index contributed by atoms with van der Waals surface area (Å²) in [5.74, 6) is -0.110. The van der Waals surface area contributed by atoms with E-state index < -0.39 is 0 Å². The number of carbonyl (C=O) groups excluding carboxylic acids is 1. The van der Waals surface area contributed by atoms with Gasteiger partial charge in [-0.25, -0.2) is 0 Å². The molecular weight excluding hydrogens is 212 g/mol. The van der Waals surface area contributed by atoms with E-state index in [0.717, 1.165) is 0 Å². The second-order valence-electron chi connectivity index (χ2n) is 3.02. The third-order valence-corrected chi connectivity index (χ3v) is 2.08. The number of nitrogens with one attached hydrogen (secondary N) is 1. The fourth-order valence-electron chi connectivity index (χ4n) is 1.21. The Labute approximate surface area is 94.0 Å². The lowest BCUT2D eigenvalue weighted by Crippen LogP contribution is -2.31. The molecule has 0 saturated carbocycles. The summed E-state index contributed by atoms with van der Waals surface area (Å²) in [6.45, 7) is 8.17. The minimum absolute atomic E-state index is 0.110. The first-order valence-electron chi connectivity index (χ1n) is 4.54. The number of nitrogens with zero attached hydrogens (tertiary/aromatic N) is 1. The van der Waals surface area contributed by atoms with Gasteiger partial charge < -0.3 is 9.88 Å². The van der Waals surface area contributed by atoms with E-state index >= 15 is 0 Å². The molecule has 1 N–H and O–H groups in total. The maximum Gasteiger partial charge on any atom is 0.270 e. The van der Waals surface area contributed by atoms with Gasteiger partial charge in [-0.1, -0.05) is 23.8 Å². The van der Waals surface area contributed by atoms with Crippen LogP contribution in [0.15, 0.2) is 37.6 Å². The van der Waals surface area contributed by atoms with Crippen molar-refractivity contribution in [1.29, 1.82) is 0 Å². The Hall–Kier alpha value is -1.48. The molecule has 0 bridgehead atoms. The van der Waals surface area contributed by atoms with E-state index in [-0.39, 0.29) is 5.91 Å². The lowest BCUT2D eigenvalue weighted by atomic mass is 10.3. The third kappa shape index (κ3) is 2.99. The van der Waals surface area contributed by atoms with E-state index in [1.54, 1.807) is 29.3 Å². The molecule has 1 rings (SSSR count). The van der Waals surface area contributed by atoms with E-state index in [1.165, 1.54) is 0 Å². The molecule has 0 aliphatic rings. The van der Waals surface area contributed by atoms with Crippen molar-refractivity contribution in [2.24, 2.45) is 0 Å². The van der Waals surface area contributed by atoms with Gasteiger partial charge in [0.2, 0.25) is 0 Å². The average molecular weight is 225 g/mol. The molecule has 0 saturated heterocycles. The molecule has 4 heteroatoms. The highest BCUT2D eigenvalue weighted by atomic mass is 35.5. The van der Waals surface area contributed by atoms with Crippen LogP contribution in [-0.2, 0) is 0 Å². The quantitative estimate of drug-likeness (QED) is 0.767. The van der Waals surface area contributed by atoms with Crippen LogP contribution in [0.2, 0.25) is 5.02 Å². The van der Waals surface area contributed by atoms with Gasteiger partial charge in [0.05, 0.1) is 5.02 Å². The fraction of sp³-hybridized carbons (Fsp3) is 0.182. The van der Waals surface area contributed by atoms with Crippen molar-refractivity contribution in [3.63, 3.8) is 0 Å². The minimum Gasteiger partial charge on any atom is -0.356 e. The molecule has 80 valence electrons. The highest BCUT2D eigenvalue weighted by Gasteiger charge is 2.14. The fourth-order valence-corrected chi connectivity index (χ4v) is 1.38. The summed E-state index contributed by atoms with van der Waals surface area (Å²) < 4.78 is 0. The molecule has 0 atom stereocenters. The number of H-pyrrole nitrogens is 1. The monoisotopic (exact) mass is 224 g/mol. The van der Waals surface area contributed by atoms with Gasteiger partial charge in [-0.2, -0.15) is 0 Å². The van der Waals surface area contributed by atoms with Gasteiger partial charge in [-0.3, -0.25) is 4.79 Å². The zero-order chi connectivity index (χ0) is 11.3. The minimum atomic E-state index is -0.110. The normalized spacial score (nSPS) is 9.67. The molecule has 15 heavy (non-hydrogen) atoms. The zero-order valence-corrected chi connectivity index (χ0v) is 9.13. The topological polar surface area (TPSA) is 36.1 Å². The molecule has 0 aromatic carbocycles. The van der Waals surface area contributed by atoms with Crippen molar-refractivity contribution in [2.45, 2.75) is 0 Å². The first-order valence-corrected chi connectivity index (χ1v) is 4.91. The summed E-state index contributed by atoms with van der Waals surface area (Å²) in [6.07, 6.45) is 4.92. The Morgan fingerprint density at radius 3 is 2.47 bits per heavy atom. The maximum absolute atomic E-state index is 11.9. The van der Waals surface area contributed by atoms with Crippen LogP contribution in [-0.4, -0.2) is 28.9 Å². The predicted octanol–water partition coefficient (Wildman–Crippen LogP) is 2.48. The lowest BCUT2D eigenvalue weighted by molar-refractivity contribution is 0.0786. The highest BCUT2D eigenvalue weighted by Crippen LogP contribution is 2.11. The average Bonchev–Trinajstić information content (AvgIpc) is 2.63. The summed E-state index contributed by atoms with van der Waals surface area (Å²) in [5.41, 5.74) is 0.476. The molecule has 0 spiro atoms. The standard InChI is InChI=1S/C11H13ClN2O/c1-3-5-14(6-4-2)11(15)10-7-9(12)8-13-10/h3-4,7-8,13H,1-2,5-6H2. The molecule has 0 aliphatic carbocycles. The highest BCUT2D eigenvalue weighted by molar-refractivity contribution is 6.30. The molecule has 0 aliphatic heterocycles. The van der Waals surface area contributed by atoms with Crippen LogP contribution in [0.3, 0.4) is 0 Å². The van der Waals surface area contributed by atoms with Crippen molar-refractivity contribution in [3.05, 3.63) is 48.3 Å². The summed E-state index contributed by atoms with van der Waals surface area (Å²) >= 11 is 5.72. The summed E-state index contributed by atoms with van der Waals surface area (Å²) in [7, 11) is 0. The second-order valence-corrected chi connectivity index (χ2v) is 3.46. The zero-order valence-electron chi connectivity index (χ0n) is 8.37. The van der Waals surface area contributed by atoms with E-state index in [1.807, 2.05) is 0 Å². The molecule has 1 amide bonds. The Morgan fingerprint density at radius 2 is 2.07 bits per heavy atom. The Kier molecular flexibility index (Phi) is 4.18. The molecule has 1 aromatic heterocycles. The van der Waals surface area contributed by atoms with Crippen LogP contribution in [0.25, 0.3) is 0 Å². The van der Waals surface area contributed by atoms with Crippen LogP contribution < -0.4 is 0 Å². The summed E-state index contributed by atoms with van der Waals surface area (Å²) in [6, 6.07) is 1.60. The van der Waals surface area contributed by atoms with Crippen LogP contribution in [0.1, 0.15) is 10.5 Å². The maximum atomic E-state index is 11.9. The van der Waals surface area contributed by atoms with E-state index in [9.17, 15) is 4.79 Å². The number of hydrogen-bond acceptors (Lipinski definition) is 1. The number of aromatic nitrogens is 1. The first kappa shape index (κ1) is 11.6. The smallest absolute Gasteiger partial charge is 0.270 e. The number of halogens is 1. The van der Waals surface area contributed by atoms with Crippen molar-refractivity contribution in [2.75, 3.05) is 13.1 Å². The van der Waals surface area contributed by atoms with Crippen molar-refractivity contribution in [1.82, 2.24) is 9.88 Å². The Bertz CT molecular complexity index is 360. The number of aromatic amines is 1. The molecule has 0 fully saturated rings. The number of carbonyl (C=O) groups is 1. The predicted molar refractivity (Wildman–Crippen MR) is 62.1 cm³/mol. The molecule has 0 radical (unpaired) electrons. The Balaban J connectivity index is 2.79. The van der Waals surface area contributed by atoms with Crippen LogP contribution >= 0.6 is 11.6 Å². The van der Waals surface area contributed by atoms with Crippen molar-refractivity contribution >= 4 is 17.5 Å². The van der Waals surface area contributed by atoms with Crippen LogP contribution in [0.4, 0.5) is 0 Å². The van der Waals surface area contributed by atoms with E-state index in [2.05, 4.69) is 18.1 Å².